The Hall–Kier alpha value is -1.55. The molecule has 0 heterocycles. The third-order valence-corrected chi connectivity index (χ3v) is 2.02. The summed E-state index contributed by atoms with van der Waals surface area (Å²) in [5.41, 5.74) is 1.05. The molecule has 0 saturated heterocycles. The van der Waals surface area contributed by atoms with E-state index in [0.29, 0.717) is 19.8 Å². The fourth-order valence-corrected chi connectivity index (χ4v) is 1.17. The van der Waals surface area contributed by atoms with Crippen molar-refractivity contribution in [2.45, 2.75) is 13.5 Å². The smallest absolute Gasteiger partial charge is 0.217 e. The highest BCUT2D eigenvalue weighted by Gasteiger charge is 1.96. The fourth-order valence-electron chi connectivity index (χ4n) is 1.17. The zero-order chi connectivity index (χ0) is 11.8. The van der Waals surface area contributed by atoms with Gasteiger partial charge in [-0.2, -0.15) is 0 Å². The molecule has 1 rings (SSSR count). The molecule has 0 radical (unpaired) electrons. The van der Waals surface area contributed by atoms with E-state index in [-0.39, 0.29) is 5.91 Å². The summed E-state index contributed by atoms with van der Waals surface area (Å²) in [6.45, 7) is 3.17. The Labute approximate surface area is 95.6 Å². The van der Waals surface area contributed by atoms with Gasteiger partial charge < -0.3 is 14.8 Å². The van der Waals surface area contributed by atoms with Crippen LogP contribution in [0.1, 0.15) is 12.5 Å². The number of amides is 1. The summed E-state index contributed by atoms with van der Waals surface area (Å²) in [6.07, 6.45) is 0. The zero-order valence-corrected chi connectivity index (χ0v) is 9.66. The van der Waals surface area contributed by atoms with E-state index in [4.69, 9.17) is 9.47 Å². The van der Waals surface area contributed by atoms with E-state index in [1.807, 2.05) is 24.3 Å². The van der Waals surface area contributed by atoms with Crippen LogP contribution in [0.15, 0.2) is 24.3 Å². The van der Waals surface area contributed by atoms with Gasteiger partial charge in [0.25, 0.3) is 0 Å². The summed E-state index contributed by atoms with van der Waals surface area (Å²) >= 11 is 0. The Balaban J connectivity index is 2.38. The van der Waals surface area contributed by atoms with Crippen molar-refractivity contribution in [3.8, 4) is 5.75 Å². The molecule has 0 aliphatic carbocycles. The van der Waals surface area contributed by atoms with Gasteiger partial charge in [0, 0.05) is 20.6 Å². The van der Waals surface area contributed by atoms with Gasteiger partial charge in [0.1, 0.15) is 12.4 Å². The van der Waals surface area contributed by atoms with E-state index in [1.54, 1.807) is 7.11 Å². The molecule has 0 atom stereocenters. The molecule has 16 heavy (non-hydrogen) atoms. The number of rotatable bonds is 6. The molecule has 1 aromatic rings. The lowest BCUT2D eigenvalue weighted by molar-refractivity contribution is -0.119. The number of ether oxygens (including phenoxy) is 2. The first-order valence-corrected chi connectivity index (χ1v) is 5.17. The van der Waals surface area contributed by atoms with Crippen molar-refractivity contribution < 1.29 is 14.3 Å². The quantitative estimate of drug-likeness (QED) is 0.740. The van der Waals surface area contributed by atoms with Gasteiger partial charge in [0.05, 0.1) is 6.61 Å². The molecule has 1 N–H and O–H groups in total. The molecule has 0 aliphatic rings. The molecule has 0 spiro atoms. The Kier molecular flexibility index (Phi) is 5.36. The fraction of sp³-hybridized carbons (Fsp3) is 0.417. The standard InChI is InChI=1S/C12H17NO3/c1-10(14)13-9-11-3-5-12(6-4-11)16-8-7-15-2/h3-6H,7-9H2,1-2H3,(H,13,14). The van der Waals surface area contributed by atoms with Crippen LogP contribution >= 0.6 is 0 Å². The number of carbonyl (C=O) groups is 1. The molecule has 0 fully saturated rings. The van der Waals surface area contributed by atoms with Crippen molar-refractivity contribution in [1.29, 1.82) is 0 Å². The maximum atomic E-state index is 10.7. The molecule has 4 heteroatoms. The number of hydrogen-bond acceptors (Lipinski definition) is 3. The number of carbonyl (C=O) groups excluding carboxylic acids is 1. The lowest BCUT2D eigenvalue weighted by Gasteiger charge is -2.06. The van der Waals surface area contributed by atoms with Gasteiger partial charge in [-0.15, -0.1) is 0 Å². The maximum absolute atomic E-state index is 10.7. The minimum absolute atomic E-state index is 0.0274. The van der Waals surface area contributed by atoms with Crippen molar-refractivity contribution in [3.05, 3.63) is 29.8 Å². The Morgan fingerprint density at radius 1 is 1.25 bits per heavy atom. The van der Waals surface area contributed by atoms with E-state index < -0.39 is 0 Å². The Morgan fingerprint density at radius 2 is 1.94 bits per heavy atom. The van der Waals surface area contributed by atoms with Crippen molar-refractivity contribution in [3.63, 3.8) is 0 Å². The molecule has 1 aromatic carbocycles. The highest BCUT2D eigenvalue weighted by molar-refractivity contribution is 5.72. The predicted molar refractivity (Wildman–Crippen MR) is 61.3 cm³/mol. The van der Waals surface area contributed by atoms with Gasteiger partial charge in [-0.25, -0.2) is 0 Å². The van der Waals surface area contributed by atoms with Crippen LogP contribution in [-0.2, 0) is 16.1 Å². The number of methoxy groups -OCH3 is 1. The molecular weight excluding hydrogens is 206 g/mol. The summed E-state index contributed by atoms with van der Waals surface area (Å²) in [7, 11) is 1.64. The van der Waals surface area contributed by atoms with Crippen LogP contribution in [0.4, 0.5) is 0 Å². The highest BCUT2D eigenvalue weighted by atomic mass is 16.5. The van der Waals surface area contributed by atoms with Crippen LogP contribution in [0.2, 0.25) is 0 Å². The lowest BCUT2D eigenvalue weighted by Crippen LogP contribution is -2.18. The Bertz CT molecular complexity index is 322. The average molecular weight is 223 g/mol. The van der Waals surface area contributed by atoms with Crippen LogP contribution in [0.3, 0.4) is 0 Å². The summed E-state index contributed by atoms with van der Waals surface area (Å²) in [4.78, 5) is 10.7. The van der Waals surface area contributed by atoms with Crippen molar-refractivity contribution >= 4 is 5.91 Å². The van der Waals surface area contributed by atoms with Gasteiger partial charge in [-0.3, -0.25) is 4.79 Å². The first-order valence-electron chi connectivity index (χ1n) is 5.17. The normalized spacial score (nSPS) is 9.88. The summed E-state index contributed by atoms with van der Waals surface area (Å²) < 4.78 is 10.3. The second kappa shape index (κ2) is 6.85. The molecule has 0 aliphatic heterocycles. The van der Waals surface area contributed by atoms with E-state index in [9.17, 15) is 4.79 Å². The third-order valence-electron chi connectivity index (χ3n) is 2.02. The van der Waals surface area contributed by atoms with Crippen LogP contribution in [-0.4, -0.2) is 26.2 Å². The van der Waals surface area contributed by atoms with E-state index in [1.165, 1.54) is 6.92 Å². The first-order chi connectivity index (χ1) is 7.72. The second-order valence-electron chi connectivity index (χ2n) is 3.39. The average Bonchev–Trinajstić information content (AvgIpc) is 2.28. The summed E-state index contributed by atoms with van der Waals surface area (Å²) in [6, 6.07) is 7.62. The molecule has 0 aromatic heterocycles. The zero-order valence-electron chi connectivity index (χ0n) is 9.66. The van der Waals surface area contributed by atoms with Gasteiger partial charge in [0.15, 0.2) is 0 Å². The SMILES string of the molecule is COCCOc1ccc(CNC(C)=O)cc1. The van der Waals surface area contributed by atoms with Gasteiger partial charge in [-0.1, -0.05) is 12.1 Å². The minimum Gasteiger partial charge on any atom is -0.491 e. The monoisotopic (exact) mass is 223 g/mol. The number of nitrogens with one attached hydrogen (secondary N) is 1. The third kappa shape index (κ3) is 4.79. The van der Waals surface area contributed by atoms with Crippen LogP contribution in [0, 0.1) is 0 Å². The minimum atomic E-state index is -0.0274. The molecule has 4 nitrogen and oxygen atoms in total. The van der Waals surface area contributed by atoms with Gasteiger partial charge >= 0.3 is 0 Å². The second-order valence-corrected chi connectivity index (χ2v) is 3.39. The van der Waals surface area contributed by atoms with Crippen LogP contribution in [0.25, 0.3) is 0 Å². The highest BCUT2D eigenvalue weighted by Crippen LogP contribution is 2.11. The molecule has 0 bridgehead atoms. The van der Waals surface area contributed by atoms with Gasteiger partial charge in [0.2, 0.25) is 5.91 Å². The molecule has 0 saturated carbocycles. The van der Waals surface area contributed by atoms with Crippen LogP contribution < -0.4 is 10.1 Å². The van der Waals surface area contributed by atoms with Crippen LogP contribution in [0.5, 0.6) is 5.75 Å². The lowest BCUT2D eigenvalue weighted by atomic mass is 10.2. The van der Waals surface area contributed by atoms with E-state index >= 15 is 0 Å². The molecular formula is C12H17NO3. The van der Waals surface area contributed by atoms with Crippen molar-refractivity contribution in [1.82, 2.24) is 5.32 Å². The number of hydrogen-bond donors (Lipinski definition) is 1. The summed E-state index contributed by atoms with van der Waals surface area (Å²) in [5.74, 6) is 0.782. The molecule has 1 amide bonds. The first kappa shape index (κ1) is 12.5. The van der Waals surface area contributed by atoms with Crippen molar-refractivity contribution in [2.75, 3.05) is 20.3 Å². The van der Waals surface area contributed by atoms with E-state index in [0.717, 1.165) is 11.3 Å². The topological polar surface area (TPSA) is 47.6 Å². The van der Waals surface area contributed by atoms with Gasteiger partial charge in [-0.05, 0) is 17.7 Å². The maximum Gasteiger partial charge on any atom is 0.217 e. The van der Waals surface area contributed by atoms with E-state index in [2.05, 4.69) is 5.32 Å². The predicted octanol–water partition coefficient (Wildman–Crippen LogP) is 1.35. The molecule has 88 valence electrons. The molecule has 0 unspecified atom stereocenters. The summed E-state index contributed by atoms with van der Waals surface area (Å²) in [5, 5.41) is 2.73. The Morgan fingerprint density at radius 3 is 2.50 bits per heavy atom. The number of benzene rings is 1. The largest absolute Gasteiger partial charge is 0.491 e. The van der Waals surface area contributed by atoms with Crippen molar-refractivity contribution in [2.24, 2.45) is 0 Å².